The van der Waals surface area contributed by atoms with Crippen LogP contribution < -0.4 is 14.4 Å². The molecule has 0 aromatic heterocycles. The van der Waals surface area contributed by atoms with Crippen LogP contribution in [0.1, 0.15) is 29.0 Å². The van der Waals surface area contributed by atoms with Gasteiger partial charge in [0, 0.05) is 17.6 Å². The smallest absolute Gasteiger partial charge is 0.335 e. The fraction of sp³-hybridized carbons (Fsp3) is 0.184. The summed E-state index contributed by atoms with van der Waals surface area (Å²) < 4.78 is 18.3. The Kier molecular flexibility index (Phi) is 7.84. The lowest BCUT2D eigenvalue weighted by molar-refractivity contribution is -0.263. The number of carbonyl (C=O) groups is 1. The van der Waals surface area contributed by atoms with Crippen LogP contribution in [0.3, 0.4) is 0 Å². The maximum absolute atomic E-state index is 11.4. The molecule has 1 aliphatic heterocycles. The molecule has 0 saturated heterocycles. The molecule has 0 radical (unpaired) electrons. The third-order valence-electron chi connectivity index (χ3n) is 8.33. The number of aryl methyl sites for hydroxylation is 1. The second-order valence-corrected chi connectivity index (χ2v) is 11.1. The van der Waals surface area contributed by atoms with E-state index in [-0.39, 0.29) is 18.6 Å². The first-order valence-electron chi connectivity index (χ1n) is 14.9. The first-order valence-corrected chi connectivity index (χ1v) is 14.9. The number of fused-ring (bicyclic) bond motifs is 7. The van der Waals surface area contributed by atoms with Gasteiger partial charge in [0.05, 0.1) is 12.7 Å². The number of ether oxygens (including phenoxy) is 3. The Balaban J connectivity index is 1.08. The standard InChI is InChI=1S/C38H32O6/c1-2-36(39)42-29-17-11-25(12-18-29)26-13-19-30(20-14-26)43-44-31-23-40-34-21-15-27-7-3-5-9-32(27)37(34)38-33-10-6-4-8-28(33)16-22-35(38)41-24-31/h2-15,17-21,31,35,38H,1,16,22-24H2. The molecule has 220 valence electrons. The van der Waals surface area contributed by atoms with E-state index in [0.717, 1.165) is 35.8 Å². The molecule has 1 heterocycles. The van der Waals surface area contributed by atoms with Crippen molar-refractivity contribution in [1.82, 2.24) is 0 Å². The first-order chi connectivity index (χ1) is 21.7. The maximum atomic E-state index is 11.4. The quantitative estimate of drug-likeness (QED) is 0.0666. The van der Waals surface area contributed by atoms with E-state index >= 15 is 0 Å². The summed E-state index contributed by atoms with van der Waals surface area (Å²) in [6, 6.07) is 36.2. The molecular formula is C38H32O6. The Morgan fingerprint density at radius 1 is 0.795 bits per heavy atom. The van der Waals surface area contributed by atoms with Crippen LogP contribution in [0.5, 0.6) is 17.2 Å². The zero-order chi connectivity index (χ0) is 29.9. The Hall–Kier alpha value is -4.91. The number of benzene rings is 5. The van der Waals surface area contributed by atoms with E-state index in [0.29, 0.717) is 18.1 Å². The second kappa shape index (κ2) is 12.4. The van der Waals surface area contributed by atoms with Gasteiger partial charge >= 0.3 is 5.97 Å². The summed E-state index contributed by atoms with van der Waals surface area (Å²) in [5, 5.41) is 2.37. The molecule has 5 aromatic rings. The second-order valence-electron chi connectivity index (χ2n) is 11.1. The van der Waals surface area contributed by atoms with Crippen LogP contribution in [-0.2, 0) is 20.8 Å². The molecule has 44 heavy (non-hydrogen) atoms. The minimum Gasteiger partial charge on any atom is -0.490 e. The van der Waals surface area contributed by atoms with Crippen molar-refractivity contribution in [3.8, 4) is 28.4 Å². The van der Waals surface area contributed by atoms with Gasteiger partial charge in [0.15, 0.2) is 11.9 Å². The molecule has 6 nitrogen and oxygen atoms in total. The van der Waals surface area contributed by atoms with Gasteiger partial charge < -0.3 is 19.1 Å². The van der Waals surface area contributed by atoms with Crippen LogP contribution >= 0.6 is 0 Å². The Labute approximate surface area is 256 Å². The minimum absolute atomic E-state index is 0.0202. The van der Waals surface area contributed by atoms with E-state index in [9.17, 15) is 4.79 Å². The topological polar surface area (TPSA) is 63.2 Å². The van der Waals surface area contributed by atoms with Gasteiger partial charge in [-0.1, -0.05) is 85.4 Å². The van der Waals surface area contributed by atoms with Gasteiger partial charge in [-0.15, -0.1) is 0 Å². The molecule has 0 amide bonds. The third-order valence-corrected chi connectivity index (χ3v) is 8.33. The van der Waals surface area contributed by atoms with E-state index in [2.05, 4.69) is 67.2 Å². The minimum atomic E-state index is -0.489. The monoisotopic (exact) mass is 584 g/mol. The molecule has 0 bridgehead atoms. The molecule has 7 rings (SSSR count). The highest BCUT2D eigenvalue weighted by Crippen LogP contribution is 2.45. The van der Waals surface area contributed by atoms with E-state index in [4.69, 9.17) is 24.0 Å². The van der Waals surface area contributed by atoms with Gasteiger partial charge in [0.1, 0.15) is 18.1 Å². The van der Waals surface area contributed by atoms with Crippen LogP contribution in [0.4, 0.5) is 0 Å². The molecule has 3 unspecified atom stereocenters. The number of rotatable bonds is 6. The molecule has 3 atom stereocenters. The van der Waals surface area contributed by atoms with Crippen molar-refractivity contribution in [2.24, 2.45) is 0 Å². The summed E-state index contributed by atoms with van der Waals surface area (Å²) in [5.74, 6) is 1.45. The highest BCUT2D eigenvalue weighted by atomic mass is 17.2. The molecule has 5 aromatic carbocycles. The lowest BCUT2D eigenvalue weighted by atomic mass is 9.75. The normalized spacial score (nSPS) is 19.1. The number of carbonyl (C=O) groups excluding carboxylic acids is 1. The Morgan fingerprint density at radius 3 is 2.32 bits per heavy atom. The molecule has 0 saturated carbocycles. The summed E-state index contributed by atoms with van der Waals surface area (Å²) in [7, 11) is 0. The van der Waals surface area contributed by atoms with E-state index in [1.807, 2.05) is 36.4 Å². The molecule has 2 aliphatic rings. The van der Waals surface area contributed by atoms with Gasteiger partial charge in [0.25, 0.3) is 0 Å². The van der Waals surface area contributed by atoms with Crippen molar-refractivity contribution >= 4 is 16.7 Å². The molecule has 1 aliphatic carbocycles. The number of hydrogen-bond acceptors (Lipinski definition) is 6. The predicted octanol–water partition coefficient (Wildman–Crippen LogP) is 7.83. The highest BCUT2D eigenvalue weighted by molar-refractivity contribution is 5.89. The summed E-state index contributed by atoms with van der Waals surface area (Å²) in [4.78, 5) is 23.1. The molecule has 6 heteroatoms. The molecule has 0 N–H and O–H groups in total. The highest BCUT2D eigenvalue weighted by Gasteiger charge is 2.36. The lowest BCUT2D eigenvalue weighted by Gasteiger charge is -2.35. The lowest BCUT2D eigenvalue weighted by Crippen LogP contribution is -2.33. The Morgan fingerprint density at radius 2 is 1.52 bits per heavy atom. The van der Waals surface area contributed by atoms with Crippen LogP contribution in [0.2, 0.25) is 0 Å². The van der Waals surface area contributed by atoms with E-state index in [1.54, 1.807) is 12.1 Å². The summed E-state index contributed by atoms with van der Waals surface area (Å²) in [6.45, 7) is 4.05. The third kappa shape index (κ3) is 5.70. The average Bonchev–Trinajstić information content (AvgIpc) is 3.15. The first kappa shape index (κ1) is 27.9. The SMILES string of the molecule is C=CC(=O)Oc1ccc(-c2ccc(OOC3COc4ccc5ccccc5c4C4c5ccccc5CCC4OC3)cc2)cc1. The van der Waals surface area contributed by atoms with Gasteiger partial charge in [-0.05, 0) is 76.2 Å². The Bertz CT molecular complexity index is 1790. The van der Waals surface area contributed by atoms with E-state index < -0.39 is 12.1 Å². The van der Waals surface area contributed by atoms with Gasteiger partial charge in [-0.25, -0.2) is 4.79 Å². The maximum Gasteiger partial charge on any atom is 0.335 e. The number of esters is 1. The summed E-state index contributed by atoms with van der Waals surface area (Å²) in [5.41, 5.74) is 5.80. The van der Waals surface area contributed by atoms with Crippen molar-refractivity contribution in [2.75, 3.05) is 13.2 Å². The summed E-state index contributed by atoms with van der Waals surface area (Å²) in [6.07, 6.45) is 2.56. The fourth-order valence-electron chi connectivity index (χ4n) is 6.19. The van der Waals surface area contributed by atoms with Crippen molar-refractivity contribution in [2.45, 2.75) is 31.0 Å². The molecule has 0 spiro atoms. The van der Waals surface area contributed by atoms with E-state index in [1.165, 1.54) is 27.5 Å². The van der Waals surface area contributed by atoms with Crippen LogP contribution in [0, 0.1) is 0 Å². The van der Waals surface area contributed by atoms with Crippen molar-refractivity contribution in [3.05, 3.63) is 139 Å². The molecule has 0 fully saturated rings. The van der Waals surface area contributed by atoms with Crippen molar-refractivity contribution in [1.29, 1.82) is 0 Å². The average molecular weight is 585 g/mol. The predicted molar refractivity (Wildman–Crippen MR) is 169 cm³/mol. The van der Waals surface area contributed by atoms with Gasteiger partial charge in [0.2, 0.25) is 0 Å². The fourth-order valence-corrected chi connectivity index (χ4v) is 6.19. The number of hydrogen-bond donors (Lipinski definition) is 0. The summed E-state index contributed by atoms with van der Waals surface area (Å²) >= 11 is 0. The van der Waals surface area contributed by atoms with Crippen LogP contribution in [0.25, 0.3) is 21.9 Å². The van der Waals surface area contributed by atoms with Gasteiger partial charge in [-0.3, -0.25) is 0 Å². The van der Waals surface area contributed by atoms with Crippen LogP contribution in [0.15, 0.2) is 122 Å². The van der Waals surface area contributed by atoms with Gasteiger partial charge in [-0.2, -0.15) is 4.89 Å². The largest absolute Gasteiger partial charge is 0.490 e. The zero-order valence-corrected chi connectivity index (χ0v) is 24.2. The van der Waals surface area contributed by atoms with Crippen molar-refractivity contribution < 1.29 is 28.8 Å². The van der Waals surface area contributed by atoms with Crippen molar-refractivity contribution in [3.63, 3.8) is 0 Å². The van der Waals surface area contributed by atoms with Crippen LogP contribution in [-0.4, -0.2) is 31.4 Å². The molecular weight excluding hydrogens is 552 g/mol. The zero-order valence-electron chi connectivity index (χ0n) is 24.2.